The van der Waals surface area contributed by atoms with Crippen molar-refractivity contribution < 1.29 is 9.47 Å². The molecular weight excluding hydrogens is 444 g/mol. The van der Waals surface area contributed by atoms with Gasteiger partial charge in [-0.3, -0.25) is 0 Å². The molecule has 2 aliphatic rings. The Labute approximate surface area is 160 Å². The van der Waals surface area contributed by atoms with Gasteiger partial charge in [0.1, 0.15) is 23.9 Å². The molecule has 0 atom stereocenters. The maximum absolute atomic E-state index is 6.31. The van der Waals surface area contributed by atoms with Gasteiger partial charge in [0.05, 0.1) is 0 Å². The van der Waals surface area contributed by atoms with Crippen molar-refractivity contribution >= 4 is 53.4 Å². The molecule has 0 aliphatic carbocycles. The van der Waals surface area contributed by atoms with Crippen LogP contribution in [0.3, 0.4) is 0 Å². The first-order chi connectivity index (χ1) is 12.2. The molecule has 4 aromatic carbocycles. The van der Waals surface area contributed by atoms with Crippen LogP contribution in [0, 0.1) is 0 Å². The second-order valence-electron chi connectivity index (χ2n) is 6.43. The Balaban J connectivity index is 1.89. The zero-order chi connectivity index (χ0) is 16.7. The van der Waals surface area contributed by atoms with Crippen LogP contribution in [0.1, 0.15) is 5.56 Å². The minimum atomic E-state index is 0.552. The van der Waals surface area contributed by atoms with Gasteiger partial charge in [-0.05, 0) is 52.7 Å². The van der Waals surface area contributed by atoms with Crippen LogP contribution in [0.5, 0.6) is 17.2 Å². The normalized spacial score (nSPS) is 13.7. The molecule has 0 fully saturated rings. The molecule has 0 unspecified atom stereocenters. The van der Waals surface area contributed by atoms with Crippen LogP contribution in [0.4, 0.5) is 0 Å². The van der Waals surface area contributed by atoms with Crippen molar-refractivity contribution in [1.82, 2.24) is 0 Å². The van der Waals surface area contributed by atoms with Gasteiger partial charge in [-0.25, -0.2) is 0 Å². The monoisotopic (exact) mass is 452 g/mol. The average molecular weight is 454 g/mol. The zero-order valence-electron chi connectivity index (χ0n) is 12.9. The molecule has 0 aromatic heterocycles. The molecule has 0 bridgehead atoms. The highest BCUT2D eigenvalue weighted by Crippen LogP contribution is 2.55. The van der Waals surface area contributed by atoms with Crippen LogP contribution in [0.15, 0.2) is 57.5 Å². The molecule has 6 rings (SSSR count). The van der Waals surface area contributed by atoms with Crippen molar-refractivity contribution in [2.24, 2.45) is 0 Å². The van der Waals surface area contributed by atoms with Crippen LogP contribution in [0.2, 0.25) is 0 Å². The molecule has 0 N–H and O–H groups in total. The van der Waals surface area contributed by atoms with Gasteiger partial charge in [-0.15, -0.1) is 0 Å². The van der Waals surface area contributed by atoms with Gasteiger partial charge in [-0.1, -0.05) is 44.0 Å². The summed E-state index contributed by atoms with van der Waals surface area (Å²) in [7, 11) is 0. The van der Waals surface area contributed by atoms with Gasteiger partial charge < -0.3 is 9.47 Å². The maximum atomic E-state index is 6.31. The van der Waals surface area contributed by atoms with Crippen LogP contribution in [-0.2, 0) is 6.61 Å². The molecule has 0 radical (unpaired) electrons. The van der Waals surface area contributed by atoms with Gasteiger partial charge >= 0.3 is 0 Å². The zero-order valence-corrected chi connectivity index (χ0v) is 16.1. The summed E-state index contributed by atoms with van der Waals surface area (Å²) in [5, 5.41) is 4.69. The summed E-state index contributed by atoms with van der Waals surface area (Å²) in [5.74, 6) is 2.68. The van der Waals surface area contributed by atoms with E-state index in [4.69, 9.17) is 9.47 Å². The third kappa shape index (κ3) is 1.84. The van der Waals surface area contributed by atoms with Gasteiger partial charge in [-0.2, -0.15) is 0 Å². The molecule has 25 heavy (non-hydrogen) atoms. The highest BCUT2D eigenvalue weighted by atomic mass is 79.9. The number of ether oxygens (including phenoxy) is 2. The molecule has 0 spiro atoms. The van der Waals surface area contributed by atoms with Crippen molar-refractivity contribution in [3.05, 3.63) is 63.0 Å². The lowest BCUT2D eigenvalue weighted by molar-refractivity contribution is 0.310. The number of halogens is 2. The lowest BCUT2D eigenvalue weighted by Crippen LogP contribution is -1.99. The minimum absolute atomic E-state index is 0.552. The molecule has 4 heteroatoms. The Hall–Kier alpha value is -2.04. The van der Waals surface area contributed by atoms with E-state index in [2.05, 4.69) is 74.3 Å². The van der Waals surface area contributed by atoms with Gasteiger partial charge in [0.2, 0.25) is 0 Å². The van der Waals surface area contributed by atoms with Gasteiger partial charge in [0, 0.05) is 30.8 Å². The average Bonchev–Trinajstić information content (AvgIpc) is 2.75. The summed E-state index contributed by atoms with van der Waals surface area (Å²) in [4.78, 5) is 0. The summed E-state index contributed by atoms with van der Waals surface area (Å²) in [6, 6.07) is 16.8. The Morgan fingerprint density at radius 1 is 0.680 bits per heavy atom. The number of benzene rings is 4. The molecule has 0 saturated carbocycles. The first kappa shape index (κ1) is 14.2. The molecule has 2 aliphatic heterocycles. The molecule has 0 saturated heterocycles. The first-order valence-corrected chi connectivity index (χ1v) is 9.60. The van der Waals surface area contributed by atoms with Gasteiger partial charge in [0.15, 0.2) is 0 Å². The highest BCUT2D eigenvalue weighted by molar-refractivity contribution is 9.10. The summed E-state index contributed by atoms with van der Waals surface area (Å²) in [6.45, 7) is 0.552. The largest absolute Gasteiger partial charge is 0.488 e. The van der Waals surface area contributed by atoms with E-state index in [0.717, 1.165) is 48.1 Å². The van der Waals surface area contributed by atoms with Crippen molar-refractivity contribution in [3.8, 4) is 28.4 Å². The second kappa shape index (κ2) is 4.77. The Kier molecular flexibility index (Phi) is 2.70. The van der Waals surface area contributed by atoms with E-state index in [1.807, 2.05) is 6.07 Å². The minimum Gasteiger partial charge on any atom is -0.488 e. The SMILES string of the molecule is Brc1cc2c3c4c(ccc3c1)Oc1cc(Br)cc3ccc(c-4c13)OC2. The maximum Gasteiger partial charge on any atom is 0.137 e. The third-order valence-corrected chi connectivity index (χ3v) is 5.90. The van der Waals surface area contributed by atoms with E-state index >= 15 is 0 Å². The van der Waals surface area contributed by atoms with E-state index in [0.29, 0.717) is 6.61 Å². The third-order valence-electron chi connectivity index (χ3n) is 4.99. The van der Waals surface area contributed by atoms with Crippen molar-refractivity contribution in [2.75, 3.05) is 0 Å². The van der Waals surface area contributed by atoms with Crippen LogP contribution >= 0.6 is 31.9 Å². The number of rotatable bonds is 0. The van der Waals surface area contributed by atoms with Crippen molar-refractivity contribution in [3.63, 3.8) is 0 Å². The van der Waals surface area contributed by atoms with Crippen LogP contribution in [-0.4, -0.2) is 0 Å². The van der Waals surface area contributed by atoms with E-state index in [1.165, 1.54) is 16.3 Å². The number of hydrogen-bond acceptors (Lipinski definition) is 2. The van der Waals surface area contributed by atoms with Crippen LogP contribution < -0.4 is 9.47 Å². The molecule has 2 heterocycles. The molecular formula is C21H10Br2O2. The molecule has 0 amide bonds. The van der Waals surface area contributed by atoms with E-state index in [-0.39, 0.29) is 0 Å². The molecule has 120 valence electrons. The topological polar surface area (TPSA) is 18.5 Å². The van der Waals surface area contributed by atoms with Crippen molar-refractivity contribution in [1.29, 1.82) is 0 Å². The first-order valence-electron chi connectivity index (χ1n) is 8.01. The Bertz CT molecular complexity index is 1240. The van der Waals surface area contributed by atoms with Crippen molar-refractivity contribution in [2.45, 2.75) is 6.61 Å². The predicted octanol–water partition coefficient (Wildman–Crippen LogP) is 7.18. The second-order valence-corrected chi connectivity index (χ2v) is 8.26. The van der Waals surface area contributed by atoms with E-state index < -0.39 is 0 Å². The Morgan fingerprint density at radius 3 is 2.20 bits per heavy atom. The summed E-state index contributed by atoms with van der Waals surface area (Å²) in [5.41, 5.74) is 3.47. The smallest absolute Gasteiger partial charge is 0.137 e. The fraction of sp³-hybridized carbons (Fsp3) is 0.0476. The lowest BCUT2D eigenvalue weighted by Gasteiger charge is -2.23. The fourth-order valence-corrected chi connectivity index (χ4v) is 5.02. The van der Waals surface area contributed by atoms with E-state index in [9.17, 15) is 0 Å². The van der Waals surface area contributed by atoms with E-state index in [1.54, 1.807) is 0 Å². The quantitative estimate of drug-likeness (QED) is 0.247. The van der Waals surface area contributed by atoms with Gasteiger partial charge in [0.25, 0.3) is 0 Å². The fourth-order valence-electron chi connectivity index (χ4n) is 4.04. The summed E-state index contributed by atoms with van der Waals surface area (Å²) in [6.07, 6.45) is 0. The highest BCUT2D eigenvalue weighted by Gasteiger charge is 2.29. The summed E-state index contributed by atoms with van der Waals surface area (Å²) < 4.78 is 14.6. The molecule has 4 aromatic rings. The van der Waals surface area contributed by atoms with Crippen LogP contribution in [0.25, 0.3) is 32.7 Å². The standard InChI is InChI=1S/C21H10Br2O2/c22-13-5-10-2-4-16-21-18(10)12(7-13)9-24-15-3-1-11-6-14(23)8-17(25-16)19(11)20(15)21/h1-8H,9H2. The summed E-state index contributed by atoms with van der Waals surface area (Å²) >= 11 is 7.21. The Morgan fingerprint density at radius 2 is 1.36 bits per heavy atom. The predicted molar refractivity (Wildman–Crippen MR) is 107 cm³/mol. The lowest BCUT2D eigenvalue weighted by atomic mass is 9.89. The molecule has 2 nitrogen and oxygen atoms in total. The number of hydrogen-bond donors (Lipinski definition) is 0.